The molecule has 6 atom stereocenters. The van der Waals surface area contributed by atoms with Crippen LogP contribution in [0.2, 0.25) is 0 Å². The third kappa shape index (κ3) is 5.35. The monoisotopic (exact) mass is 448 g/mol. The van der Waals surface area contributed by atoms with Gasteiger partial charge in [-0.25, -0.2) is 0 Å². The van der Waals surface area contributed by atoms with Gasteiger partial charge in [0.25, 0.3) is 0 Å². The Morgan fingerprint density at radius 2 is 1.78 bits per heavy atom. The summed E-state index contributed by atoms with van der Waals surface area (Å²) in [7, 11) is 0. The molecule has 3 saturated carbocycles. The number of aliphatic hydroxyl groups is 4. The van der Waals surface area contributed by atoms with Gasteiger partial charge >= 0.3 is 0 Å². The zero-order chi connectivity index (χ0) is 23.7. The summed E-state index contributed by atoms with van der Waals surface area (Å²) in [5, 5.41) is 41.4. The van der Waals surface area contributed by atoms with Crippen LogP contribution >= 0.6 is 0 Å². The smallest absolute Gasteiger partial charge is 0.117 e. The van der Waals surface area contributed by atoms with Crippen LogP contribution < -0.4 is 0 Å². The first-order chi connectivity index (χ1) is 14.9. The first-order valence-corrected chi connectivity index (χ1v) is 13.1. The van der Waals surface area contributed by atoms with Crippen molar-refractivity contribution in [3.05, 3.63) is 23.3 Å². The summed E-state index contributed by atoms with van der Waals surface area (Å²) >= 11 is 0. The first-order valence-electron chi connectivity index (χ1n) is 13.1. The maximum Gasteiger partial charge on any atom is 0.117 e. The predicted octanol–water partition coefficient (Wildman–Crippen LogP) is 5.29. The highest BCUT2D eigenvalue weighted by molar-refractivity contribution is 5.27. The lowest BCUT2D eigenvalue weighted by Crippen LogP contribution is -2.54. The predicted molar refractivity (Wildman–Crippen MR) is 130 cm³/mol. The molecule has 0 saturated heterocycles. The highest BCUT2D eigenvalue weighted by atomic mass is 16.4. The number of hydrogen-bond donors (Lipinski definition) is 4. The van der Waals surface area contributed by atoms with E-state index in [0.29, 0.717) is 36.5 Å². The SMILES string of the molecule is CCC1(O)[C@H](O)CC(=C/C=C2\CCCC3(C)C2CCC3[C@H](C)CCCC(C)(C)O)C[C@H]1O. The number of allylic oxidation sites excluding steroid dienone is 3. The Kier molecular flexibility index (Phi) is 8.02. The Hall–Kier alpha value is -0.680. The fraction of sp³-hybridized carbons (Fsp3) is 0.857. The topological polar surface area (TPSA) is 80.9 Å². The molecule has 3 aliphatic carbocycles. The lowest BCUT2D eigenvalue weighted by Gasteiger charge is -2.44. The molecule has 0 aromatic rings. The molecule has 0 spiro atoms. The second-order valence-electron chi connectivity index (χ2n) is 12.1. The molecule has 3 fully saturated rings. The van der Waals surface area contributed by atoms with E-state index in [1.807, 2.05) is 20.8 Å². The summed E-state index contributed by atoms with van der Waals surface area (Å²) in [4.78, 5) is 0. The normalized spacial score (nSPS) is 40.4. The molecule has 3 aliphatic rings. The molecule has 0 bridgehead atoms. The Morgan fingerprint density at radius 1 is 1.12 bits per heavy atom. The van der Waals surface area contributed by atoms with E-state index in [2.05, 4.69) is 26.0 Å². The van der Waals surface area contributed by atoms with Gasteiger partial charge in [-0.05, 0) is 94.8 Å². The summed E-state index contributed by atoms with van der Waals surface area (Å²) in [6.45, 7) is 10.6. The van der Waals surface area contributed by atoms with E-state index in [-0.39, 0.29) is 0 Å². The van der Waals surface area contributed by atoms with Gasteiger partial charge in [0, 0.05) is 0 Å². The van der Waals surface area contributed by atoms with E-state index in [1.54, 1.807) is 0 Å². The maximum absolute atomic E-state index is 10.5. The standard InChI is InChI=1S/C28H48O4/c1-6-28(32)24(29)17-20(18-25(28)30)11-12-21-10-8-16-27(5)22(13-14-23(21)27)19(2)9-7-15-26(3,4)31/h11-12,19,22-25,29-32H,6-10,13-18H2,1-5H3/b20-11?,21-12+/t19-,22?,23?,24-,25-,27?,28?/m1/s1. The fourth-order valence-electron chi connectivity index (χ4n) is 7.26. The quantitative estimate of drug-likeness (QED) is 0.427. The van der Waals surface area contributed by atoms with Gasteiger partial charge in [0.1, 0.15) is 5.60 Å². The zero-order valence-electron chi connectivity index (χ0n) is 21.1. The van der Waals surface area contributed by atoms with E-state index in [4.69, 9.17) is 0 Å². The van der Waals surface area contributed by atoms with Crippen LogP contribution in [0.3, 0.4) is 0 Å². The third-order valence-corrected chi connectivity index (χ3v) is 9.34. The molecule has 0 amide bonds. The van der Waals surface area contributed by atoms with Crippen molar-refractivity contribution in [1.82, 2.24) is 0 Å². The number of fused-ring (bicyclic) bond motifs is 1. The molecular formula is C28H48O4. The lowest BCUT2D eigenvalue weighted by atomic mass is 9.60. The van der Waals surface area contributed by atoms with E-state index >= 15 is 0 Å². The molecule has 3 unspecified atom stereocenters. The second-order valence-corrected chi connectivity index (χ2v) is 12.1. The Balaban J connectivity index is 1.68. The molecule has 3 rings (SSSR count). The van der Waals surface area contributed by atoms with E-state index in [9.17, 15) is 20.4 Å². The van der Waals surface area contributed by atoms with Gasteiger partial charge in [0.05, 0.1) is 17.8 Å². The summed E-state index contributed by atoms with van der Waals surface area (Å²) < 4.78 is 0. The van der Waals surface area contributed by atoms with E-state index in [0.717, 1.165) is 30.8 Å². The number of rotatable bonds is 7. The molecule has 0 aliphatic heterocycles. The number of aliphatic hydroxyl groups excluding tert-OH is 2. The molecule has 184 valence electrons. The minimum atomic E-state index is -1.38. The van der Waals surface area contributed by atoms with Crippen molar-refractivity contribution in [1.29, 1.82) is 0 Å². The van der Waals surface area contributed by atoms with Crippen LogP contribution in [0.15, 0.2) is 23.3 Å². The fourth-order valence-corrected chi connectivity index (χ4v) is 7.26. The molecule has 0 aromatic carbocycles. The summed E-state index contributed by atoms with van der Waals surface area (Å²) in [6.07, 6.45) is 13.2. The van der Waals surface area contributed by atoms with Crippen molar-refractivity contribution in [2.24, 2.45) is 23.2 Å². The Labute approximate surface area is 195 Å². The molecule has 0 heterocycles. The number of hydrogen-bond acceptors (Lipinski definition) is 4. The highest BCUT2D eigenvalue weighted by Gasteiger charge is 2.50. The van der Waals surface area contributed by atoms with Crippen LogP contribution in [0.4, 0.5) is 0 Å². The summed E-state index contributed by atoms with van der Waals surface area (Å²) in [5.41, 5.74) is 0.984. The van der Waals surface area contributed by atoms with Crippen molar-refractivity contribution in [3.8, 4) is 0 Å². The molecule has 32 heavy (non-hydrogen) atoms. The van der Waals surface area contributed by atoms with Crippen molar-refractivity contribution < 1.29 is 20.4 Å². The molecule has 4 heteroatoms. The van der Waals surface area contributed by atoms with E-state index in [1.165, 1.54) is 37.7 Å². The average Bonchev–Trinajstić information content (AvgIpc) is 3.06. The van der Waals surface area contributed by atoms with Crippen molar-refractivity contribution in [3.63, 3.8) is 0 Å². The summed E-state index contributed by atoms with van der Waals surface area (Å²) in [5.74, 6) is 2.05. The second kappa shape index (κ2) is 9.90. The molecule has 4 N–H and O–H groups in total. The van der Waals surface area contributed by atoms with Crippen molar-refractivity contribution >= 4 is 0 Å². The van der Waals surface area contributed by atoms with Crippen LogP contribution in [0.25, 0.3) is 0 Å². The first kappa shape index (κ1) is 25.9. The molecule has 0 aromatic heterocycles. The zero-order valence-corrected chi connectivity index (χ0v) is 21.1. The van der Waals surface area contributed by atoms with Gasteiger partial charge in [-0.15, -0.1) is 0 Å². The van der Waals surface area contributed by atoms with Gasteiger partial charge in [-0.1, -0.05) is 56.9 Å². The molecule has 0 radical (unpaired) electrons. The van der Waals surface area contributed by atoms with Gasteiger partial charge in [-0.3, -0.25) is 0 Å². The average molecular weight is 449 g/mol. The minimum absolute atomic E-state index is 0.352. The van der Waals surface area contributed by atoms with Crippen LogP contribution in [-0.2, 0) is 0 Å². The Morgan fingerprint density at radius 3 is 2.38 bits per heavy atom. The Bertz CT molecular complexity index is 689. The molecular weight excluding hydrogens is 400 g/mol. The van der Waals surface area contributed by atoms with Gasteiger partial charge in [-0.2, -0.15) is 0 Å². The maximum atomic E-state index is 10.5. The van der Waals surface area contributed by atoms with Gasteiger partial charge in [0.2, 0.25) is 0 Å². The highest BCUT2D eigenvalue weighted by Crippen LogP contribution is 2.60. The minimum Gasteiger partial charge on any atom is -0.390 e. The van der Waals surface area contributed by atoms with Crippen molar-refractivity contribution in [2.75, 3.05) is 0 Å². The third-order valence-electron chi connectivity index (χ3n) is 9.34. The van der Waals surface area contributed by atoms with E-state index < -0.39 is 23.4 Å². The van der Waals surface area contributed by atoms with Gasteiger partial charge < -0.3 is 20.4 Å². The molecule has 4 nitrogen and oxygen atoms in total. The van der Waals surface area contributed by atoms with Crippen LogP contribution in [0.1, 0.15) is 105 Å². The van der Waals surface area contributed by atoms with Gasteiger partial charge in [0.15, 0.2) is 0 Å². The largest absolute Gasteiger partial charge is 0.390 e. The van der Waals surface area contributed by atoms with Crippen LogP contribution in [-0.4, -0.2) is 43.8 Å². The van der Waals surface area contributed by atoms with Crippen LogP contribution in [0, 0.1) is 23.2 Å². The lowest BCUT2D eigenvalue weighted by molar-refractivity contribution is -0.158. The summed E-state index contributed by atoms with van der Waals surface area (Å²) in [6, 6.07) is 0. The van der Waals surface area contributed by atoms with Crippen LogP contribution in [0.5, 0.6) is 0 Å². The van der Waals surface area contributed by atoms with Crippen molar-refractivity contribution in [2.45, 2.75) is 129 Å².